The minimum absolute atomic E-state index is 0.126. The molecule has 0 saturated carbocycles. The Morgan fingerprint density at radius 3 is 2.45 bits per heavy atom. The standard InChI is InChI=1S/C22H24N4O2S/c1-15-22(16(2)26(3)25-15)29(27,28)24-14-19(17-9-5-4-6-10-17)20-13-23-21-12-8-7-11-18(20)21/h4-13,19,23-24H,14H2,1-3H3. The van der Waals surface area contributed by atoms with Gasteiger partial charge in [0.15, 0.2) is 0 Å². The lowest BCUT2D eigenvalue weighted by molar-refractivity contribution is 0.576. The van der Waals surface area contributed by atoms with Gasteiger partial charge in [0.05, 0.1) is 11.4 Å². The minimum atomic E-state index is -3.69. The molecule has 1 unspecified atom stereocenters. The molecule has 4 aromatic rings. The number of nitrogens with zero attached hydrogens (tertiary/aromatic N) is 2. The number of aryl methyl sites for hydroxylation is 2. The Hall–Kier alpha value is -2.90. The number of hydrogen-bond acceptors (Lipinski definition) is 3. The van der Waals surface area contributed by atoms with Gasteiger partial charge in [-0.1, -0.05) is 48.5 Å². The number of aromatic amines is 1. The van der Waals surface area contributed by atoms with Crippen molar-refractivity contribution in [2.75, 3.05) is 6.54 Å². The molecule has 29 heavy (non-hydrogen) atoms. The second-order valence-electron chi connectivity index (χ2n) is 7.23. The summed E-state index contributed by atoms with van der Waals surface area (Å²) in [5.41, 5.74) is 4.28. The monoisotopic (exact) mass is 408 g/mol. The summed E-state index contributed by atoms with van der Waals surface area (Å²) in [4.78, 5) is 3.55. The van der Waals surface area contributed by atoms with Gasteiger partial charge < -0.3 is 4.98 Å². The molecule has 6 nitrogen and oxygen atoms in total. The number of rotatable bonds is 6. The molecule has 0 saturated heterocycles. The van der Waals surface area contributed by atoms with Crippen LogP contribution in [0.25, 0.3) is 10.9 Å². The van der Waals surface area contributed by atoms with Crippen molar-refractivity contribution in [3.05, 3.63) is 83.3 Å². The van der Waals surface area contributed by atoms with Crippen LogP contribution in [0.2, 0.25) is 0 Å². The SMILES string of the molecule is Cc1nn(C)c(C)c1S(=O)(=O)NCC(c1ccccc1)c1c[nH]c2ccccc12. The van der Waals surface area contributed by atoms with E-state index in [1.807, 2.05) is 54.7 Å². The Bertz CT molecular complexity index is 1260. The molecular formula is C22H24N4O2S. The highest BCUT2D eigenvalue weighted by Gasteiger charge is 2.26. The zero-order valence-corrected chi connectivity index (χ0v) is 17.5. The molecule has 7 heteroatoms. The maximum absolute atomic E-state index is 13.1. The molecule has 0 fully saturated rings. The second kappa shape index (κ2) is 7.50. The van der Waals surface area contributed by atoms with Crippen LogP contribution in [0.1, 0.15) is 28.4 Å². The Morgan fingerprint density at radius 2 is 1.76 bits per heavy atom. The topological polar surface area (TPSA) is 79.8 Å². The summed E-state index contributed by atoms with van der Waals surface area (Å²) in [5.74, 6) is -0.126. The first-order chi connectivity index (χ1) is 13.9. The molecule has 2 aromatic carbocycles. The molecule has 0 aliphatic heterocycles. The van der Waals surface area contributed by atoms with Gasteiger partial charge in [0, 0.05) is 36.6 Å². The lowest BCUT2D eigenvalue weighted by Crippen LogP contribution is -2.29. The molecule has 0 aliphatic carbocycles. The lowest BCUT2D eigenvalue weighted by Gasteiger charge is -2.18. The van der Waals surface area contributed by atoms with Gasteiger partial charge in [0.2, 0.25) is 10.0 Å². The van der Waals surface area contributed by atoms with Crippen molar-refractivity contribution in [2.24, 2.45) is 7.05 Å². The average molecular weight is 409 g/mol. The highest BCUT2D eigenvalue weighted by molar-refractivity contribution is 7.89. The van der Waals surface area contributed by atoms with E-state index < -0.39 is 10.0 Å². The van der Waals surface area contributed by atoms with Crippen molar-refractivity contribution in [2.45, 2.75) is 24.7 Å². The predicted octanol–water partition coefficient (Wildman–Crippen LogP) is 3.63. The second-order valence-corrected chi connectivity index (χ2v) is 8.93. The number of aromatic nitrogens is 3. The summed E-state index contributed by atoms with van der Waals surface area (Å²) in [7, 11) is -1.94. The first kappa shape index (κ1) is 19.4. The third kappa shape index (κ3) is 3.59. The van der Waals surface area contributed by atoms with E-state index in [0.29, 0.717) is 11.4 Å². The van der Waals surface area contributed by atoms with Gasteiger partial charge >= 0.3 is 0 Å². The minimum Gasteiger partial charge on any atom is -0.361 e. The van der Waals surface area contributed by atoms with E-state index in [9.17, 15) is 8.42 Å². The van der Waals surface area contributed by atoms with Crippen molar-refractivity contribution >= 4 is 20.9 Å². The Kier molecular flexibility index (Phi) is 5.02. The maximum Gasteiger partial charge on any atom is 0.244 e. The molecule has 0 radical (unpaired) electrons. The fraction of sp³-hybridized carbons (Fsp3) is 0.227. The van der Waals surface area contributed by atoms with Crippen LogP contribution in [0.15, 0.2) is 65.7 Å². The zero-order valence-electron chi connectivity index (χ0n) is 16.7. The van der Waals surface area contributed by atoms with Crippen LogP contribution < -0.4 is 4.72 Å². The normalized spacial score (nSPS) is 13.1. The Morgan fingerprint density at radius 1 is 1.07 bits per heavy atom. The number of fused-ring (bicyclic) bond motifs is 1. The van der Waals surface area contributed by atoms with E-state index in [-0.39, 0.29) is 17.4 Å². The van der Waals surface area contributed by atoms with E-state index in [0.717, 1.165) is 22.0 Å². The average Bonchev–Trinajstić information content (AvgIpc) is 3.24. The molecule has 0 amide bonds. The molecule has 0 spiro atoms. The van der Waals surface area contributed by atoms with Gasteiger partial charge in [0.1, 0.15) is 4.90 Å². The number of sulfonamides is 1. The fourth-order valence-electron chi connectivity index (χ4n) is 3.88. The third-order valence-corrected chi connectivity index (χ3v) is 7.06. The summed E-state index contributed by atoms with van der Waals surface area (Å²) in [6, 6.07) is 18.0. The quantitative estimate of drug-likeness (QED) is 0.511. The number of benzene rings is 2. The first-order valence-corrected chi connectivity index (χ1v) is 11.0. The maximum atomic E-state index is 13.1. The van der Waals surface area contributed by atoms with Crippen molar-refractivity contribution in [3.8, 4) is 0 Å². The van der Waals surface area contributed by atoms with Gasteiger partial charge in [0.25, 0.3) is 0 Å². The van der Waals surface area contributed by atoms with Gasteiger partial charge in [-0.25, -0.2) is 13.1 Å². The van der Waals surface area contributed by atoms with Crippen molar-refractivity contribution in [1.82, 2.24) is 19.5 Å². The van der Waals surface area contributed by atoms with Crippen molar-refractivity contribution < 1.29 is 8.42 Å². The number of hydrogen-bond donors (Lipinski definition) is 2. The van der Waals surface area contributed by atoms with Crippen LogP contribution in [-0.4, -0.2) is 29.7 Å². The largest absolute Gasteiger partial charge is 0.361 e. The highest BCUT2D eigenvalue weighted by atomic mass is 32.2. The van der Waals surface area contributed by atoms with Crippen molar-refractivity contribution in [1.29, 1.82) is 0 Å². The molecule has 1 atom stereocenters. The Balaban J connectivity index is 1.72. The van der Waals surface area contributed by atoms with Gasteiger partial charge in [-0.05, 0) is 31.0 Å². The molecular weight excluding hydrogens is 384 g/mol. The molecule has 0 aliphatic rings. The zero-order chi connectivity index (χ0) is 20.6. The Labute approximate surface area is 170 Å². The highest BCUT2D eigenvalue weighted by Crippen LogP contribution is 2.31. The van der Waals surface area contributed by atoms with Crippen LogP contribution in [0.4, 0.5) is 0 Å². The van der Waals surface area contributed by atoms with E-state index in [4.69, 9.17) is 0 Å². The molecule has 150 valence electrons. The van der Waals surface area contributed by atoms with E-state index in [1.165, 1.54) is 0 Å². The molecule has 4 rings (SSSR count). The summed E-state index contributed by atoms with van der Waals surface area (Å²) in [5, 5.41) is 5.34. The fourth-order valence-corrected chi connectivity index (χ4v) is 5.36. The van der Waals surface area contributed by atoms with Crippen LogP contribution in [0, 0.1) is 13.8 Å². The van der Waals surface area contributed by atoms with E-state index >= 15 is 0 Å². The molecule has 2 aromatic heterocycles. The van der Waals surface area contributed by atoms with Gasteiger partial charge in [-0.3, -0.25) is 4.68 Å². The summed E-state index contributed by atoms with van der Waals surface area (Å²) >= 11 is 0. The lowest BCUT2D eigenvalue weighted by atomic mass is 9.91. The van der Waals surface area contributed by atoms with E-state index in [1.54, 1.807) is 25.6 Å². The smallest absolute Gasteiger partial charge is 0.244 e. The van der Waals surface area contributed by atoms with Crippen LogP contribution in [-0.2, 0) is 17.1 Å². The van der Waals surface area contributed by atoms with Crippen LogP contribution in [0.3, 0.4) is 0 Å². The van der Waals surface area contributed by atoms with Crippen LogP contribution in [0.5, 0.6) is 0 Å². The van der Waals surface area contributed by atoms with E-state index in [2.05, 4.69) is 20.9 Å². The number of H-pyrrole nitrogens is 1. The van der Waals surface area contributed by atoms with Gasteiger partial charge in [-0.2, -0.15) is 5.10 Å². The van der Waals surface area contributed by atoms with Gasteiger partial charge in [-0.15, -0.1) is 0 Å². The molecule has 2 heterocycles. The number of nitrogens with one attached hydrogen (secondary N) is 2. The third-order valence-electron chi connectivity index (χ3n) is 5.39. The predicted molar refractivity (Wildman–Crippen MR) is 114 cm³/mol. The van der Waals surface area contributed by atoms with Crippen molar-refractivity contribution in [3.63, 3.8) is 0 Å². The number of para-hydroxylation sites is 1. The first-order valence-electron chi connectivity index (χ1n) is 9.49. The molecule has 2 N–H and O–H groups in total. The summed E-state index contributed by atoms with van der Waals surface area (Å²) in [6.45, 7) is 3.74. The summed E-state index contributed by atoms with van der Waals surface area (Å²) < 4.78 is 30.6. The summed E-state index contributed by atoms with van der Waals surface area (Å²) in [6.07, 6.45) is 1.97. The van der Waals surface area contributed by atoms with Crippen LogP contribution >= 0.6 is 0 Å². The molecule has 0 bridgehead atoms.